The number of carbonyl (C=O) groups excluding carboxylic acids is 2. The first kappa shape index (κ1) is 22.6. The minimum Gasteiger partial charge on any atom is -0.505 e. The molecule has 1 amide bonds. The number of benzene rings is 2. The number of anilines is 1. The van der Waals surface area contributed by atoms with Crippen molar-refractivity contribution in [1.29, 1.82) is 0 Å². The maximum atomic E-state index is 12.9. The molecule has 0 aliphatic carbocycles. The van der Waals surface area contributed by atoms with Crippen molar-refractivity contribution in [3.63, 3.8) is 0 Å². The third kappa shape index (κ3) is 5.42. The number of nitrogens with one attached hydrogen (secondary N) is 1. The highest BCUT2D eigenvalue weighted by molar-refractivity contribution is 6.38. The van der Waals surface area contributed by atoms with E-state index in [1.54, 1.807) is 26.8 Å². The smallest absolute Gasteiger partial charge is 0.259 e. The van der Waals surface area contributed by atoms with Gasteiger partial charge in [-0.2, -0.15) is 0 Å². The molecule has 0 atom stereocenters. The molecule has 0 radical (unpaired) electrons. The summed E-state index contributed by atoms with van der Waals surface area (Å²) in [5, 5.41) is 13.0. The number of halogens is 4. The predicted molar refractivity (Wildman–Crippen MR) is 116 cm³/mol. The third-order valence-electron chi connectivity index (χ3n) is 3.70. The number of Topliss-reactive ketones (excluding diaryl/α,β-unsaturated/α-hetero) is 1. The lowest BCUT2D eigenvalue weighted by molar-refractivity contribution is -0.125. The topological polar surface area (TPSA) is 66.4 Å². The van der Waals surface area contributed by atoms with E-state index in [9.17, 15) is 14.7 Å². The molecule has 2 rings (SSSR count). The van der Waals surface area contributed by atoms with Crippen molar-refractivity contribution in [1.82, 2.24) is 0 Å². The van der Waals surface area contributed by atoms with E-state index in [1.807, 2.05) is 0 Å². The van der Waals surface area contributed by atoms with Gasteiger partial charge in [0.15, 0.2) is 11.5 Å². The van der Waals surface area contributed by atoms with E-state index in [-0.39, 0.29) is 32.1 Å². The van der Waals surface area contributed by atoms with Crippen molar-refractivity contribution in [3.05, 3.63) is 61.6 Å². The number of aromatic hydroxyl groups is 1. The van der Waals surface area contributed by atoms with Crippen LogP contribution in [0.4, 0.5) is 5.69 Å². The van der Waals surface area contributed by atoms with Crippen LogP contribution in [0, 0.1) is 5.41 Å². The number of carbonyl (C=O) groups is 2. The summed E-state index contributed by atoms with van der Waals surface area (Å²) < 4.78 is 0. The van der Waals surface area contributed by atoms with Gasteiger partial charge in [0.2, 0.25) is 0 Å². The monoisotopic (exact) mass is 459 g/mol. The molecule has 28 heavy (non-hydrogen) atoms. The minimum atomic E-state index is -0.828. The molecule has 0 fully saturated rings. The first-order valence-electron chi connectivity index (χ1n) is 8.11. The fourth-order valence-corrected chi connectivity index (χ4v) is 3.10. The first-order valence-corrected chi connectivity index (χ1v) is 9.62. The van der Waals surface area contributed by atoms with Crippen molar-refractivity contribution >= 4 is 69.9 Å². The number of rotatable bonds is 4. The molecule has 148 valence electrons. The largest absolute Gasteiger partial charge is 0.505 e. The molecule has 0 heterocycles. The van der Waals surface area contributed by atoms with Crippen LogP contribution in [-0.4, -0.2) is 16.8 Å². The van der Waals surface area contributed by atoms with E-state index in [2.05, 4.69) is 5.32 Å². The molecule has 0 saturated carbocycles. The van der Waals surface area contributed by atoms with E-state index >= 15 is 0 Å². The summed E-state index contributed by atoms with van der Waals surface area (Å²) in [6.45, 7) is 5.08. The van der Waals surface area contributed by atoms with Crippen LogP contribution in [0.1, 0.15) is 26.3 Å². The highest BCUT2D eigenvalue weighted by Gasteiger charge is 2.29. The third-order valence-corrected chi connectivity index (χ3v) is 4.84. The van der Waals surface area contributed by atoms with Crippen molar-refractivity contribution in [2.75, 3.05) is 5.32 Å². The Balaban J connectivity index is 2.52. The second-order valence-electron chi connectivity index (χ2n) is 7.05. The Kier molecular flexibility index (Phi) is 7.05. The van der Waals surface area contributed by atoms with Gasteiger partial charge in [0.05, 0.1) is 26.3 Å². The molecule has 8 heteroatoms. The quantitative estimate of drug-likeness (QED) is 0.305. The van der Waals surface area contributed by atoms with Gasteiger partial charge < -0.3 is 10.4 Å². The van der Waals surface area contributed by atoms with Crippen LogP contribution >= 0.6 is 46.4 Å². The molecule has 0 aliphatic heterocycles. The molecular formula is C20H17Cl4NO3. The molecule has 4 nitrogen and oxygen atoms in total. The van der Waals surface area contributed by atoms with E-state index in [1.165, 1.54) is 30.3 Å². The summed E-state index contributed by atoms with van der Waals surface area (Å²) in [5.41, 5.74) is -0.297. The number of phenols is 1. The van der Waals surface area contributed by atoms with Crippen LogP contribution in [0.5, 0.6) is 5.75 Å². The average molecular weight is 461 g/mol. The molecular weight excluding hydrogens is 444 g/mol. The number of phenolic OH excluding ortho intramolecular Hbond substituents is 1. The summed E-state index contributed by atoms with van der Waals surface area (Å²) in [6.07, 6.45) is 1.36. The number of hydrogen-bond acceptors (Lipinski definition) is 3. The lowest BCUT2D eigenvalue weighted by Gasteiger charge is -2.19. The SMILES string of the molecule is CC(C)(C)C(=O)C(=Cc1cc(Cl)c(O)c(Cl)c1)C(=O)Nc1cc(Cl)ccc1Cl. The van der Waals surface area contributed by atoms with Crippen LogP contribution in [0.3, 0.4) is 0 Å². The summed E-state index contributed by atoms with van der Waals surface area (Å²) in [5.74, 6) is -1.34. The van der Waals surface area contributed by atoms with Crippen LogP contribution < -0.4 is 5.32 Å². The summed E-state index contributed by atoms with van der Waals surface area (Å²) in [6, 6.07) is 7.40. The second kappa shape index (κ2) is 8.75. The van der Waals surface area contributed by atoms with E-state index in [4.69, 9.17) is 46.4 Å². The Labute approximate surface area is 183 Å². The zero-order valence-electron chi connectivity index (χ0n) is 15.2. The van der Waals surface area contributed by atoms with Gasteiger partial charge in [-0.3, -0.25) is 9.59 Å². The van der Waals surface area contributed by atoms with Gasteiger partial charge in [-0.15, -0.1) is 0 Å². The lowest BCUT2D eigenvalue weighted by atomic mass is 9.85. The Hall–Kier alpha value is -1.72. The van der Waals surface area contributed by atoms with Gasteiger partial charge in [0, 0.05) is 10.4 Å². The zero-order valence-corrected chi connectivity index (χ0v) is 18.3. The normalized spacial score (nSPS) is 12.0. The van der Waals surface area contributed by atoms with Gasteiger partial charge in [0.25, 0.3) is 5.91 Å². The lowest BCUT2D eigenvalue weighted by Crippen LogP contribution is -2.29. The summed E-state index contributed by atoms with van der Waals surface area (Å²) >= 11 is 23.9. The zero-order chi connectivity index (χ0) is 21.2. The Morgan fingerprint density at radius 3 is 2.07 bits per heavy atom. The molecule has 0 unspecified atom stereocenters. The van der Waals surface area contributed by atoms with Gasteiger partial charge in [0.1, 0.15) is 0 Å². The molecule has 0 aliphatic rings. The predicted octanol–water partition coefficient (Wildman–Crippen LogP) is 6.64. The molecule has 2 aromatic carbocycles. The Morgan fingerprint density at radius 2 is 1.54 bits per heavy atom. The number of amides is 1. The van der Waals surface area contributed by atoms with Gasteiger partial charge >= 0.3 is 0 Å². The van der Waals surface area contributed by atoms with Crippen molar-refractivity contribution < 1.29 is 14.7 Å². The van der Waals surface area contributed by atoms with Crippen molar-refractivity contribution in [2.24, 2.45) is 5.41 Å². The summed E-state index contributed by atoms with van der Waals surface area (Å²) in [4.78, 5) is 25.8. The van der Waals surface area contributed by atoms with E-state index < -0.39 is 17.1 Å². The Morgan fingerprint density at radius 1 is 0.964 bits per heavy atom. The van der Waals surface area contributed by atoms with Gasteiger partial charge in [-0.25, -0.2) is 0 Å². The van der Waals surface area contributed by atoms with Crippen LogP contribution in [0.2, 0.25) is 20.1 Å². The molecule has 2 aromatic rings. The van der Waals surface area contributed by atoms with Crippen molar-refractivity contribution in [3.8, 4) is 5.75 Å². The molecule has 0 saturated heterocycles. The van der Waals surface area contributed by atoms with Gasteiger partial charge in [-0.05, 0) is 42.0 Å². The molecule has 0 spiro atoms. The summed E-state index contributed by atoms with van der Waals surface area (Å²) in [7, 11) is 0. The molecule has 2 N–H and O–H groups in total. The fourth-order valence-electron chi connectivity index (χ4n) is 2.26. The molecule has 0 bridgehead atoms. The van der Waals surface area contributed by atoms with Crippen molar-refractivity contribution in [2.45, 2.75) is 20.8 Å². The standard InChI is InChI=1S/C20H17Cl4NO3/c1-20(2,3)18(27)12(6-10-7-14(23)17(26)15(24)8-10)19(28)25-16-9-11(21)4-5-13(16)22/h4-9,26H,1-3H3,(H,25,28). The maximum Gasteiger partial charge on any atom is 0.259 e. The molecule has 0 aromatic heterocycles. The van der Waals surface area contributed by atoms with Crippen LogP contribution in [0.25, 0.3) is 6.08 Å². The first-order chi connectivity index (χ1) is 12.9. The van der Waals surface area contributed by atoms with E-state index in [0.717, 1.165) is 0 Å². The van der Waals surface area contributed by atoms with Crippen LogP contribution in [-0.2, 0) is 9.59 Å². The van der Waals surface area contributed by atoms with Crippen LogP contribution in [0.15, 0.2) is 35.9 Å². The fraction of sp³-hybridized carbons (Fsp3) is 0.200. The number of ketones is 1. The average Bonchev–Trinajstić information content (AvgIpc) is 2.59. The highest BCUT2D eigenvalue weighted by Crippen LogP contribution is 2.34. The number of hydrogen-bond donors (Lipinski definition) is 2. The maximum absolute atomic E-state index is 12.9. The Bertz CT molecular complexity index is 955. The van der Waals surface area contributed by atoms with Gasteiger partial charge in [-0.1, -0.05) is 67.2 Å². The van der Waals surface area contributed by atoms with E-state index in [0.29, 0.717) is 10.6 Å². The minimum absolute atomic E-state index is 0.000369. The second-order valence-corrected chi connectivity index (χ2v) is 8.71. The highest BCUT2D eigenvalue weighted by atomic mass is 35.5.